The predicted octanol–water partition coefficient (Wildman–Crippen LogP) is 7.06. The summed E-state index contributed by atoms with van der Waals surface area (Å²) < 4.78 is 25.5. The zero-order valence-electron chi connectivity index (χ0n) is 15.5. The molecule has 1 fully saturated rings. The largest absolute Gasteiger partial charge is 0.207 e. The van der Waals surface area contributed by atoms with Crippen molar-refractivity contribution in [2.24, 2.45) is 11.8 Å². The van der Waals surface area contributed by atoms with E-state index in [0.29, 0.717) is 0 Å². The number of rotatable bonds is 9. The first-order chi connectivity index (χ1) is 12.7. The van der Waals surface area contributed by atoms with Crippen molar-refractivity contribution in [1.29, 1.82) is 5.26 Å². The summed E-state index contributed by atoms with van der Waals surface area (Å²) in [4.78, 5) is 0. The van der Waals surface area contributed by atoms with E-state index in [4.69, 9.17) is 5.26 Å². The average molecular weight is 357 g/mol. The van der Waals surface area contributed by atoms with Gasteiger partial charge in [-0.2, -0.15) is 9.65 Å². The van der Waals surface area contributed by atoms with Crippen molar-refractivity contribution in [2.45, 2.75) is 64.2 Å². The van der Waals surface area contributed by atoms with E-state index < -0.39 is 5.83 Å². The lowest BCUT2D eigenvalue weighted by molar-refractivity contribution is 0.250. The van der Waals surface area contributed by atoms with E-state index in [1.807, 2.05) is 18.2 Å². The van der Waals surface area contributed by atoms with E-state index in [0.717, 1.165) is 31.1 Å². The fraction of sp³-hybridized carbons (Fsp3) is 0.522. The van der Waals surface area contributed by atoms with E-state index in [1.54, 1.807) is 18.2 Å². The maximum Gasteiger partial charge on any atom is 0.199 e. The predicted molar refractivity (Wildman–Crippen MR) is 103 cm³/mol. The monoisotopic (exact) mass is 357 g/mol. The Morgan fingerprint density at radius 2 is 1.69 bits per heavy atom. The zero-order valence-corrected chi connectivity index (χ0v) is 15.5. The highest BCUT2D eigenvalue weighted by Gasteiger charge is 2.20. The van der Waals surface area contributed by atoms with Gasteiger partial charge in [-0.15, -0.1) is 0 Å². The van der Waals surface area contributed by atoms with Crippen molar-refractivity contribution in [3.63, 3.8) is 0 Å². The molecule has 1 aliphatic carbocycles. The van der Waals surface area contributed by atoms with Crippen molar-refractivity contribution in [3.8, 4) is 6.07 Å². The summed E-state index contributed by atoms with van der Waals surface area (Å²) in [6.07, 6.45) is 17.0. The molecule has 0 saturated heterocycles. The maximum absolute atomic E-state index is 12.9. The van der Waals surface area contributed by atoms with Crippen LogP contribution in [0, 0.1) is 29.0 Å². The quantitative estimate of drug-likeness (QED) is 0.264. The number of aryl methyl sites for hydroxylation is 1. The van der Waals surface area contributed by atoms with Gasteiger partial charge in [0.1, 0.15) is 11.9 Å². The summed E-state index contributed by atoms with van der Waals surface area (Å²) in [7, 11) is 0. The summed E-state index contributed by atoms with van der Waals surface area (Å²) in [6, 6.07) is 8.33. The van der Waals surface area contributed by atoms with Crippen LogP contribution < -0.4 is 0 Å². The second kappa shape index (κ2) is 11.6. The number of hydrogen-bond acceptors (Lipinski definition) is 1. The van der Waals surface area contributed by atoms with Crippen LogP contribution in [0.4, 0.5) is 8.78 Å². The molecular formula is C23H29F2N. The molecule has 0 atom stereocenters. The Kier molecular flexibility index (Phi) is 9.10. The first-order valence-electron chi connectivity index (χ1n) is 9.84. The molecule has 0 N–H and O–H groups in total. The van der Waals surface area contributed by atoms with Crippen LogP contribution >= 0.6 is 0 Å². The normalized spacial score (nSPS) is 21.0. The van der Waals surface area contributed by atoms with Gasteiger partial charge < -0.3 is 0 Å². The fourth-order valence-electron chi connectivity index (χ4n) is 3.84. The summed E-state index contributed by atoms with van der Waals surface area (Å²) in [5.74, 6) is 0.760. The third-order valence-electron chi connectivity index (χ3n) is 5.43. The molecule has 0 amide bonds. The molecule has 3 heteroatoms. The Hall–Kier alpha value is -1.95. The minimum Gasteiger partial charge on any atom is -0.207 e. The Labute approximate surface area is 156 Å². The molecule has 2 rings (SSSR count). The number of nitrogens with zero attached hydrogens (tertiary/aromatic N) is 1. The van der Waals surface area contributed by atoms with Gasteiger partial charge in [-0.3, -0.25) is 0 Å². The maximum atomic E-state index is 12.9. The number of allylic oxidation sites excluding steroid dienone is 4. The highest BCUT2D eigenvalue weighted by atomic mass is 19.1. The minimum atomic E-state index is -0.735. The highest BCUT2D eigenvalue weighted by molar-refractivity contribution is 5.18. The second-order valence-electron chi connectivity index (χ2n) is 7.39. The molecule has 1 aliphatic rings. The van der Waals surface area contributed by atoms with E-state index in [9.17, 15) is 8.78 Å². The van der Waals surface area contributed by atoms with Crippen molar-refractivity contribution < 1.29 is 8.78 Å². The molecule has 0 aliphatic heterocycles. The molecule has 1 nitrogen and oxygen atoms in total. The van der Waals surface area contributed by atoms with E-state index in [2.05, 4.69) is 0 Å². The second-order valence-corrected chi connectivity index (χ2v) is 7.39. The van der Waals surface area contributed by atoms with Gasteiger partial charge >= 0.3 is 0 Å². The van der Waals surface area contributed by atoms with Crippen LogP contribution in [0.5, 0.6) is 0 Å². The molecule has 140 valence electrons. The number of halogens is 2. The van der Waals surface area contributed by atoms with Gasteiger partial charge in [0, 0.05) is 0 Å². The van der Waals surface area contributed by atoms with E-state index >= 15 is 0 Å². The fourth-order valence-corrected chi connectivity index (χ4v) is 3.84. The van der Waals surface area contributed by atoms with Crippen LogP contribution in [0.15, 0.2) is 48.3 Å². The van der Waals surface area contributed by atoms with Crippen molar-refractivity contribution in [1.82, 2.24) is 0 Å². The molecular weight excluding hydrogens is 328 g/mol. The van der Waals surface area contributed by atoms with E-state index in [-0.39, 0.29) is 5.82 Å². The van der Waals surface area contributed by atoms with Crippen LogP contribution in [0.3, 0.4) is 0 Å². The van der Waals surface area contributed by atoms with Gasteiger partial charge in [0.25, 0.3) is 0 Å². The summed E-state index contributed by atoms with van der Waals surface area (Å²) in [6.45, 7) is 0. The number of benzene rings is 1. The third kappa shape index (κ3) is 7.95. The number of hydrogen-bond donors (Lipinski definition) is 0. The molecule has 0 spiro atoms. The lowest BCUT2D eigenvalue weighted by atomic mass is 9.78. The van der Waals surface area contributed by atoms with Crippen LogP contribution in [0.1, 0.15) is 63.4 Å². The molecule has 1 aromatic rings. The Balaban J connectivity index is 1.53. The van der Waals surface area contributed by atoms with Crippen LogP contribution in [0.2, 0.25) is 0 Å². The third-order valence-corrected chi connectivity index (χ3v) is 5.43. The smallest absolute Gasteiger partial charge is 0.199 e. The van der Waals surface area contributed by atoms with Crippen molar-refractivity contribution >= 4 is 0 Å². The topological polar surface area (TPSA) is 23.8 Å². The lowest BCUT2D eigenvalue weighted by Gasteiger charge is -2.28. The van der Waals surface area contributed by atoms with Gasteiger partial charge in [-0.1, -0.05) is 62.8 Å². The molecule has 0 unspecified atom stereocenters. The molecule has 0 bridgehead atoms. The molecule has 0 heterocycles. The van der Waals surface area contributed by atoms with Gasteiger partial charge in [-0.25, -0.2) is 4.39 Å². The number of unbranched alkanes of at least 4 members (excludes halogenated alkanes) is 1. The Morgan fingerprint density at radius 1 is 1.04 bits per heavy atom. The molecule has 0 aromatic heterocycles. The molecule has 1 aromatic carbocycles. The molecule has 26 heavy (non-hydrogen) atoms. The van der Waals surface area contributed by atoms with E-state index in [1.165, 1.54) is 62.7 Å². The number of nitriles is 1. The van der Waals surface area contributed by atoms with Crippen LogP contribution in [-0.4, -0.2) is 0 Å². The average Bonchev–Trinajstić information content (AvgIpc) is 2.67. The zero-order chi connectivity index (χ0) is 18.6. The first kappa shape index (κ1) is 20.4. The summed E-state index contributed by atoms with van der Waals surface area (Å²) >= 11 is 0. The van der Waals surface area contributed by atoms with Crippen LogP contribution in [-0.2, 0) is 6.42 Å². The van der Waals surface area contributed by atoms with Crippen LogP contribution in [0.25, 0.3) is 0 Å². The molecule has 1 saturated carbocycles. The van der Waals surface area contributed by atoms with Gasteiger partial charge in [0.2, 0.25) is 0 Å². The summed E-state index contributed by atoms with van der Waals surface area (Å²) in [5, 5.41) is 8.32. The SMILES string of the molecule is N#CC(F)=CC=CCC[C@H]1CC[C@H](CCCCc2ccc(F)cc2)CC1. The standard InChI is InChI=1S/C23H29F2N/c24-22-16-14-21(15-17-22)8-5-4-7-20-12-10-19(11-13-20)6-2-1-3-9-23(25)18-26/h1,3,9,14-17,19-20H,2,4-8,10-13H2/t19-,20-. The lowest BCUT2D eigenvalue weighted by Crippen LogP contribution is -2.14. The Morgan fingerprint density at radius 3 is 2.35 bits per heavy atom. The highest BCUT2D eigenvalue weighted by Crippen LogP contribution is 2.34. The Bertz CT molecular complexity index is 617. The first-order valence-corrected chi connectivity index (χ1v) is 9.84. The van der Waals surface area contributed by atoms with Gasteiger partial charge in [-0.05, 0) is 61.3 Å². The van der Waals surface area contributed by atoms with Gasteiger partial charge in [0.15, 0.2) is 5.83 Å². The minimum absolute atomic E-state index is 0.160. The van der Waals surface area contributed by atoms with Crippen molar-refractivity contribution in [3.05, 3.63) is 59.7 Å². The summed E-state index contributed by atoms with van der Waals surface area (Å²) in [5.41, 5.74) is 1.23. The van der Waals surface area contributed by atoms with Gasteiger partial charge in [0.05, 0.1) is 0 Å². The molecule has 0 radical (unpaired) electrons. The van der Waals surface area contributed by atoms with Crippen molar-refractivity contribution in [2.75, 3.05) is 0 Å².